The Kier molecular flexibility index (Phi) is 5.88. The summed E-state index contributed by atoms with van der Waals surface area (Å²) in [5, 5.41) is 3.66. The number of rotatable bonds is 6. The molecule has 0 bridgehead atoms. The average molecular weight is 292 g/mol. The molecular formula is C17H28N2O2. The van der Waals surface area contributed by atoms with E-state index in [-0.39, 0.29) is 0 Å². The van der Waals surface area contributed by atoms with Gasteiger partial charge in [0.25, 0.3) is 0 Å². The number of ether oxygens (including phenoxy) is 2. The third kappa shape index (κ3) is 4.61. The fourth-order valence-corrected chi connectivity index (χ4v) is 2.54. The van der Waals surface area contributed by atoms with Gasteiger partial charge in [-0.25, -0.2) is 0 Å². The normalized spacial score (nSPS) is 16.1. The first-order valence-electron chi connectivity index (χ1n) is 7.83. The lowest BCUT2D eigenvalue weighted by molar-refractivity contribution is 0.283. The van der Waals surface area contributed by atoms with E-state index < -0.39 is 0 Å². The summed E-state index contributed by atoms with van der Waals surface area (Å²) in [6.07, 6.45) is 0.941. The number of fused-ring (bicyclic) bond motifs is 1. The highest BCUT2D eigenvalue weighted by Gasteiger charge is 2.17. The Morgan fingerprint density at radius 2 is 1.95 bits per heavy atom. The SMILES string of the molecule is CC(C)C(CN(C)C)NCc1cccc2c1OCCCO2. The highest BCUT2D eigenvalue weighted by molar-refractivity contribution is 5.47. The minimum absolute atomic E-state index is 0.461. The molecule has 4 nitrogen and oxygen atoms in total. The molecule has 21 heavy (non-hydrogen) atoms. The molecule has 1 N–H and O–H groups in total. The summed E-state index contributed by atoms with van der Waals surface area (Å²) in [4.78, 5) is 2.22. The largest absolute Gasteiger partial charge is 0.490 e. The summed E-state index contributed by atoms with van der Waals surface area (Å²) in [5.41, 5.74) is 1.18. The third-order valence-corrected chi connectivity index (χ3v) is 3.77. The fraction of sp³-hybridized carbons (Fsp3) is 0.647. The smallest absolute Gasteiger partial charge is 0.165 e. The Labute approximate surface area is 128 Å². The van der Waals surface area contributed by atoms with Crippen LogP contribution < -0.4 is 14.8 Å². The van der Waals surface area contributed by atoms with Crippen LogP contribution in [0.5, 0.6) is 11.5 Å². The standard InChI is InChI=1S/C17H28N2O2/c1-13(2)15(12-19(3)4)18-11-14-7-5-8-16-17(14)21-10-6-9-20-16/h5,7-8,13,15,18H,6,9-12H2,1-4H3. The van der Waals surface area contributed by atoms with E-state index >= 15 is 0 Å². The molecule has 1 aromatic carbocycles. The van der Waals surface area contributed by atoms with Gasteiger partial charge >= 0.3 is 0 Å². The van der Waals surface area contributed by atoms with Crippen molar-refractivity contribution in [1.82, 2.24) is 10.2 Å². The molecule has 1 atom stereocenters. The van der Waals surface area contributed by atoms with Gasteiger partial charge in [-0.15, -0.1) is 0 Å². The Morgan fingerprint density at radius 1 is 1.19 bits per heavy atom. The molecule has 0 fully saturated rings. The lowest BCUT2D eigenvalue weighted by Crippen LogP contribution is -2.41. The van der Waals surface area contributed by atoms with E-state index in [1.165, 1.54) is 5.56 Å². The molecule has 118 valence electrons. The highest BCUT2D eigenvalue weighted by Crippen LogP contribution is 2.33. The van der Waals surface area contributed by atoms with Crippen LogP contribution in [0.15, 0.2) is 18.2 Å². The molecule has 0 radical (unpaired) electrons. The first-order chi connectivity index (χ1) is 10.1. The van der Waals surface area contributed by atoms with Crippen molar-refractivity contribution in [3.8, 4) is 11.5 Å². The number of benzene rings is 1. The maximum Gasteiger partial charge on any atom is 0.165 e. The van der Waals surface area contributed by atoms with E-state index in [4.69, 9.17) is 9.47 Å². The molecule has 1 aliphatic rings. The van der Waals surface area contributed by atoms with Crippen molar-refractivity contribution in [2.75, 3.05) is 33.9 Å². The maximum atomic E-state index is 5.88. The van der Waals surface area contributed by atoms with Crippen LogP contribution in [0.1, 0.15) is 25.8 Å². The van der Waals surface area contributed by atoms with Gasteiger partial charge in [0, 0.05) is 31.1 Å². The Bertz CT molecular complexity index is 446. The molecule has 0 saturated carbocycles. The second-order valence-corrected chi connectivity index (χ2v) is 6.29. The molecular weight excluding hydrogens is 264 g/mol. The summed E-state index contributed by atoms with van der Waals surface area (Å²) in [5.74, 6) is 2.38. The second-order valence-electron chi connectivity index (χ2n) is 6.29. The average Bonchev–Trinajstić information content (AvgIpc) is 2.68. The van der Waals surface area contributed by atoms with Crippen molar-refractivity contribution in [3.05, 3.63) is 23.8 Å². The quantitative estimate of drug-likeness (QED) is 0.873. The molecule has 0 saturated heterocycles. The van der Waals surface area contributed by atoms with E-state index in [0.717, 1.165) is 44.2 Å². The van der Waals surface area contributed by atoms with Gasteiger partial charge in [0.15, 0.2) is 11.5 Å². The fourth-order valence-electron chi connectivity index (χ4n) is 2.54. The predicted molar refractivity (Wildman–Crippen MR) is 86.1 cm³/mol. The lowest BCUT2D eigenvalue weighted by atomic mass is 10.0. The van der Waals surface area contributed by atoms with E-state index in [1.807, 2.05) is 12.1 Å². The van der Waals surface area contributed by atoms with Crippen molar-refractivity contribution in [2.24, 2.45) is 5.92 Å². The zero-order chi connectivity index (χ0) is 15.2. The van der Waals surface area contributed by atoms with Gasteiger partial charge in [-0.05, 0) is 26.1 Å². The van der Waals surface area contributed by atoms with Crippen LogP contribution >= 0.6 is 0 Å². The molecule has 1 aliphatic heterocycles. The van der Waals surface area contributed by atoms with Gasteiger partial charge in [-0.3, -0.25) is 0 Å². The summed E-state index contributed by atoms with van der Waals surface area (Å²) >= 11 is 0. The molecule has 1 heterocycles. The molecule has 2 rings (SSSR count). The maximum absolute atomic E-state index is 5.88. The summed E-state index contributed by atoms with van der Waals surface area (Å²) in [7, 11) is 4.23. The minimum atomic E-state index is 0.461. The number of nitrogens with one attached hydrogen (secondary N) is 1. The monoisotopic (exact) mass is 292 g/mol. The zero-order valence-electron chi connectivity index (χ0n) is 13.7. The summed E-state index contributed by atoms with van der Waals surface area (Å²) in [6, 6.07) is 6.61. The number of para-hydroxylation sites is 1. The molecule has 0 aromatic heterocycles. The van der Waals surface area contributed by atoms with E-state index in [0.29, 0.717) is 12.0 Å². The van der Waals surface area contributed by atoms with Crippen molar-refractivity contribution >= 4 is 0 Å². The predicted octanol–water partition coefficient (Wildman–Crippen LogP) is 2.52. The van der Waals surface area contributed by atoms with Gasteiger partial charge in [0.1, 0.15) is 0 Å². The van der Waals surface area contributed by atoms with Gasteiger partial charge in [0.05, 0.1) is 13.2 Å². The van der Waals surface area contributed by atoms with Gasteiger partial charge in [-0.2, -0.15) is 0 Å². The Balaban J connectivity index is 2.05. The summed E-state index contributed by atoms with van der Waals surface area (Å²) < 4.78 is 11.6. The first kappa shape index (κ1) is 16.1. The topological polar surface area (TPSA) is 33.7 Å². The lowest BCUT2D eigenvalue weighted by Gasteiger charge is -2.26. The van der Waals surface area contributed by atoms with E-state index in [9.17, 15) is 0 Å². The van der Waals surface area contributed by atoms with Crippen LogP contribution in [-0.4, -0.2) is 44.8 Å². The van der Waals surface area contributed by atoms with Crippen molar-refractivity contribution in [1.29, 1.82) is 0 Å². The first-order valence-corrected chi connectivity index (χ1v) is 7.83. The third-order valence-electron chi connectivity index (χ3n) is 3.77. The van der Waals surface area contributed by atoms with Crippen LogP contribution in [0.25, 0.3) is 0 Å². The van der Waals surface area contributed by atoms with Crippen LogP contribution in [0.2, 0.25) is 0 Å². The minimum Gasteiger partial charge on any atom is -0.490 e. The number of nitrogens with zero attached hydrogens (tertiary/aromatic N) is 1. The molecule has 0 spiro atoms. The van der Waals surface area contributed by atoms with E-state index in [2.05, 4.69) is 44.2 Å². The van der Waals surface area contributed by atoms with Crippen molar-refractivity contribution in [2.45, 2.75) is 32.9 Å². The van der Waals surface area contributed by atoms with Crippen LogP contribution in [-0.2, 0) is 6.54 Å². The highest BCUT2D eigenvalue weighted by atomic mass is 16.5. The Morgan fingerprint density at radius 3 is 2.67 bits per heavy atom. The molecule has 0 amide bonds. The van der Waals surface area contributed by atoms with E-state index in [1.54, 1.807) is 0 Å². The molecule has 4 heteroatoms. The molecule has 1 unspecified atom stereocenters. The van der Waals surface area contributed by atoms with Crippen LogP contribution in [0.3, 0.4) is 0 Å². The van der Waals surface area contributed by atoms with Crippen LogP contribution in [0.4, 0.5) is 0 Å². The van der Waals surface area contributed by atoms with Crippen LogP contribution in [0, 0.1) is 5.92 Å². The molecule has 1 aromatic rings. The number of hydrogen-bond acceptors (Lipinski definition) is 4. The Hall–Kier alpha value is -1.26. The summed E-state index contributed by atoms with van der Waals surface area (Å²) in [6.45, 7) is 7.82. The zero-order valence-corrected chi connectivity index (χ0v) is 13.7. The van der Waals surface area contributed by atoms with Crippen molar-refractivity contribution < 1.29 is 9.47 Å². The number of hydrogen-bond donors (Lipinski definition) is 1. The molecule has 0 aliphatic carbocycles. The van der Waals surface area contributed by atoms with Gasteiger partial charge in [0.2, 0.25) is 0 Å². The second kappa shape index (κ2) is 7.66. The number of likely N-dealkylation sites (N-methyl/N-ethyl adjacent to an activating group) is 1. The van der Waals surface area contributed by atoms with Crippen molar-refractivity contribution in [3.63, 3.8) is 0 Å². The van der Waals surface area contributed by atoms with Gasteiger partial charge < -0.3 is 19.7 Å². The van der Waals surface area contributed by atoms with Gasteiger partial charge in [-0.1, -0.05) is 26.0 Å².